The number of aryl methyl sites for hydroxylation is 1. The van der Waals surface area contributed by atoms with Gasteiger partial charge in [-0.15, -0.1) is 11.3 Å². The van der Waals surface area contributed by atoms with Gasteiger partial charge in [-0.25, -0.2) is 4.98 Å². The Bertz CT molecular complexity index is 432. The molecule has 1 aliphatic heterocycles. The summed E-state index contributed by atoms with van der Waals surface area (Å²) in [5.74, 6) is -0.769. The highest BCUT2D eigenvalue weighted by molar-refractivity contribution is 7.13. The molecule has 1 aromatic rings. The van der Waals surface area contributed by atoms with E-state index in [1.807, 2.05) is 12.3 Å². The van der Waals surface area contributed by atoms with E-state index in [2.05, 4.69) is 14.8 Å². The Morgan fingerprint density at radius 3 is 2.85 bits per heavy atom. The summed E-state index contributed by atoms with van der Waals surface area (Å²) in [5, 5.41) is 11.8. The van der Waals surface area contributed by atoms with E-state index in [1.165, 1.54) is 0 Å². The number of hydrogen-bond donors (Lipinski definition) is 1. The van der Waals surface area contributed by atoms with Gasteiger partial charge in [0.15, 0.2) is 5.13 Å². The van der Waals surface area contributed by atoms with Gasteiger partial charge < -0.3 is 14.7 Å². The lowest BCUT2D eigenvalue weighted by atomic mass is 10.3. The minimum atomic E-state index is -0.769. The van der Waals surface area contributed by atoms with Gasteiger partial charge >= 0.3 is 5.97 Å². The van der Waals surface area contributed by atoms with Crippen LogP contribution in [-0.2, 0) is 9.53 Å². The normalized spacial score (nSPS) is 16.2. The molecule has 0 aliphatic carbocycles. The fourth-order valence-electron chi connectivity index (χ4n) is 2.11. The van der Waals surface area contributed by atoms with Crippen molar-refractivity contribution in [1.29, 1.82) is 0 Å². The fourth-order valence-corrected chi connectivity index (χ4v) is 2.96. The van der Waals surface area contributed by atoms with Crippen molar-refractivity contribution in [1.82, 2.24) is 9.88 Å². The lowest BCUT2D eigenvalue weighted by molar-refractivity contribution is -0.136. The number of carboxylic acid groups (broad SMARTS) is 1. The maximum absolute atomic E-state index is 10.8. The molecule has 0 amide bonds. The highest BCUT2D eigenvalue weighted by atomic mass is 32.1. The van der Waals surface area contributed by atoms with Crippen LogP contribution in [0.3, 0.4) is 0 Å². The molecule has 2 rings (SSSR count). The zero-order valence-electron chi connectivity index (χ0n) is 11.7. The van der Waals surface area contributed by atoms with E-state index in [0.717, 1.165) is 50.2 Å². The lowest BCUT2D eigenvalue weighted by Crippen LogP contribution is -2.42. The third-order valence-corrected chi connectivity index (χ3v) is 4.28. The van der Waals surface area contributed by atoms with Gasteiger partial charge in [-0.1, -0.05) is 0 Å². The van der Waals surface area contributed by atoms with Gasteiger partial charge in [0.25, 0.3) is 0 Å². The Morgan fingerprint density at radius 1 is 1.50 bits per heavy atom. The number of thiazole rings is 1. The summed E-state index contributed by atoms with van der Waals surface area (Å²) in [6, 6.07) is 0. The van der Waals surface area contributed by atoms with E-state index < -0.39 is 5.97 Å². The third kappa shape index (κ3) is 4.73. The van der Waals surface area contributed by atoms with E-state index in [9.17, 15) is 4.79 Å². The predicted octanol–water partition coefficient (Wildman–Crippen LogP) is 1.06. The van der Waals surface area contributed by atoms with Crippen molar-refractivity contribution < 1.29 is 14.6 Å². The van der Waals surface area contributed by atoms with Crippen LogP contribution >= 0.6 is 11.3 Å². The monoisotopic (exact) mass is 299 g/mol. The molecule has 1 aliphatic rings. The van der Waals surface area contributed by atoms with Crippen LogP contribution in [0.2, 0.25) is 0 Å². The molecule has 6 nitrogen and oxygen atoms in total. The van der Waals surface area contributed by atoms with Crippen LogP contribution in [0.1, 0.15) is 12.1 Å². The summed E-state index contributed by atoms with van der Waals surface area (Å²) >= 11 is 1.57. The summed E-state index contributed by atoms with van der Waals surface area (Å²) in [4.78, 5) is 19.7. The number of carboxylic acids is 1. The minimum Gasteiger partial charge on any atom is -0.481 e. The van der Waals surface area contributed by atoms with Crippen LogP contribution in [0, 0.1) is 6.92 Å². The molecule has 0 aromatic carbocycles. The van der Waals surface area contributed by atoms with E-state index >= 15 is 0 Å². The number of morpholine rings is 1. The molecule has 0 saturated carbocycles. The Kier molecular flexibility index (Phi) is 5.75. The Hall–Kier alpha value is -1.18. The first-order chi connectivity index (χ1) is 9.65. The second-order valence-corrected chi connectivity index (χ2v) is 5.69. The van der Waals surface area contributed by atoms with Gasteiger partial charge in [0.2, 0.25) is 0 Å². The number of carbonyl (C=O) groups is 1. The zero-order valence-corrected chi connectivity index (χ0v) is 12.6. The Labute approximate surface area is 123 Å². The minimum absolute atomic E-state index is 0.141. The van der Waals surface area contributed by atoms with Crippen LogP contribution in [0.4, 0.5) is 5.13 Å². The largest absolute Gasteiger partial charge is 0.481 e. The average molecular weight is 299 g/mol. The van der Waals surface area contributed by atoms with E-state index in [1.54, 1.807) is 11.3 Å². The molecular formula is C13H21N3O3S. The highest BCUT2D eigenvalue weighted by Crippen LogP contribution is 2.20. The number of hydrogen-bond acceptors (Lipinski definition) is 6. The van der Waals surface area contributed by atoms with Gasteiger partial charge in [-0.05, 0) is 6.92 Å². The quantitative estimate of drug-likeness (QED) is 0.812. The van der Waals surface area contributed by atoms with E-state index in [0.29, 0.717) is 6.54 Å². The number of aliphatic carboxylic acids is 1. The molecular weight excluding hydrogens is 278 g/mol. The number of anilines is 1. The molecule has 1 fully saturated rings. The summed E-state index contributed by atoms with van der Waals surface area (Å²) in [5.41, 5.74) is 0.983. The molecule has 0 bridgehead atoms. The molecule has 1 aromatic heterocycles. The average Bonchev–Trinajstić information content (AvgIpc) is 2.86. The Balaban J connectivity index is 1.89. The molecule has 0 atom stereocenters. The molecule has 112 valence electrons. The third-order valence-electron chi connectivity index (χ3n) is 3.26. The molecule has 0 radical (unpaired) electrons. The second-order valence-electron chi connectivity index (χ2n) is 4.86. The highest BCUT2D eigenvalue weighted by Gasteiger charge is 2.15. The van der Waals surface area contributed by atoms with Crippen molar-refractivity contribution >= 4 is 22.4 Å². The van der Waals surface area contributed by atoms with Crippen LogP contribution in [-0.4, -0.2) is 66.9 Å². The SMILES string of the molecule is Cc1csc(N(CCC(=O)O)CCN2CCOCC2)n1. The van der Waals surface area contributed by atoms with Crippen molar-refractivity contribution in [2.24, 2.45) is 0 Å². The van der Waals surface area contributed by atoms with Gasteiger partial charge in [-0.3, -0.25) is 9.69 Å². The Morgan fingerprint density at radius 2 is 2.25 bits per heavy atom. The summed E-state index contributed by atoms with van der Waals surface area (Å²) < 4.78 is 5.33. The van der Waals surface area contributed by atoms with Crippen molar-refractivity contribution in [2.45, 2.75) is 13.3 Å². The van der Waals surface area contributed by atoms with Gasteiger partial charge in [0.1, 0.15) is 0 Å². The first kappa shape index (κ1) is 15.2. The van der Waals surface area contributed by atoms with Gasteiger partial charge in [0, 0.05) is 38.1 Å². The van der Waals surface area contributed by atoms with Crippen molar-refractivity contribution in [3.8, 4) is 0 Å². The van der Waals surface area contributed by atoms with Crippen LogP contribution in [0.5, 0.6) is 0 Å². The molecule has 20 heavy (non-hydrogen) atoms. The maximum atomic E-state index is 10.8. The first-order valence-electron chi connectivity index (χ1n) is 6.84. The first-order valence-corrected chi connectivity index (χ1v) is 7.72. The van der Waals surface area contributed by atoms with Crippen LogP contribution < -0.4 is 4.90 Å². The standard InChI is InChI=1S/C13H21N3O3S/c1-11-10-20-13(14-11)16(3-2-12(17)18)5-4-15-6-8-19-9-7-15/h10H,2-9H2,1H3,(H,17,18). The smallest absolute Gasteiger partial charge is 0.305 e. The maximum Gasteiger partial charge on any atom is 0.305 e. The zero-order chi connectivity index (χ0) is 14.4. The van der Waals surface area contributed by atoms with E-state index in [-0.39, 0.29) is 6.42 Å². The number of ether oxygens (including phenoxy) is 1. The van der Waals surface area contributed by atoms with Crippen molar-refractivity contribution in [2.75, 3.05) is 50.8 Å². The molecule has 2 heterocycles. The van der Waals surface area contributed by atoms with Crippen LogP contribution in [0.15, 0.2) is 5.38 Å². The topological polar surface area (TPSA) is 65.9 Å². The van der Waals surface area contributed by atoms with Gasteiger partial charge in [-0.2, -0.15) is 0 Å². The fraction of sp³-hybridized carbons (Fsp3) is 0.692. The van der Waals surface area contributed by atoms with E-state index in [4.69, 9.17) is 9.84 Å². The molecule has 1 N–H and O–H groups in total. The summed E-state index contributed by atoms with van der Waals surface area (Å²) in [7, 11) is 0. The molecule has 1 saturated heterocycles. The molecule has 0 unspecified atom stereocenters. The lowest BCUT2D eigenvalue weighted by Gasteiger charge is -2.29. The number of nitrogens with zero attached hydrogens (tertiary/aromatic N) is 3. The number of aromatic nitrogens is 1. The molecule has 7 heteroatoms. The second kappa shape index (κ2) is 7.56. The van der Waals surface area contributed by atoms with Gasteiger partial charge in [0.05, 0.1) is 25.3 Å². The van der Waals surface area contributed by atoms with Crippen LogP contribution in [0.25, 0.3) is 0 Å². The van der Waals surface area contributed by atoms with Crippen molar-refractivity contribution in [3.05, 3.63) is 11.1 Å². The van der Waals surface area contributed by atoms with Crippen molar-refractivity contribution in [3.63, 3.8) is 0 Å². The predicted molar refractivity (Wildman–Crippen MR) is 78.6 cm³/mol. The molecule has 0 spiro atoms. The summed E-state index contributed by atoms with van der Waals surface area (Å²) in [6.45, 7) is 7.65. The number of rotatable bonds is 7. The summed E-state index contributed by atoms with van der Waals surface area (Å²) in [6.07, 6.45) is 0.141.